The lowest BCUT2D eigenvalue weighted by Crippen LogP contribution is -2.13. The quantitative estimate of drug-likeness (QED) is 0.363. The number of allylic oxidation sites excluding steroid dienone is 6. The van der Waals surface area contributed by atoms with Crippen LogP contribution in [0.1, 0.15) is 40.0 Å². The number of hydrogen-bond acceptors (Lipinski definition) is 2. The predicted molar refractivity (Wildman–Crippen MR) is 90.8 cm³/mol. The lowest BCUT2D eigenvalue weighted by atomic mass is 10.1. The van der Waals surface area contributed by atoms with E-state index in [2.05, 4.69) is 37.2 Å². The van der Waals surface area contributed by atoms with E-state index in [9.17, 15) is 4.79 Å². The Hall–Kier alpha value is -1.90. The lowest BCUT2D eigenvalue weighted by Gasteiger charge is -2.02. The van der Waals surface area contributed by atoms with Crippen LogP contribution in [0.25, 0.3) is 0 Å². The highest BCUT2D eigenvalue weighted by Crippen LogP contribution is 2.09. The first-order valence-electron chi connectivity index (χ1n) is 7.25. The lowest BCUT2D eigenvalue weighted by molar-refractivity contribution is -0.137. The first-order chi connectivity index (χ1) is 9.86. The number of carboxylic acids is 1. The minimum atomic E-state index is -0.901. The van der Waals surface area contributed by atoms with Crippen molar-refractivity contribution in [3.63, 3.8) is 0 Å². The van der Waals surface area contributed by atoms with Crippen LogP contribution in [0, 0.1) is 5.92 Å². The van der Waals surface area contributed by atoms with E-state index in [1.807, 2.05) is 13.0 Å². The molecule has 0 bridgehead atoms. The van der Waals surface area contributed by atoms with Crippen molar-refractivity contribution in [2.24, 2.45) is 10.9 Å². The van der Waals surface area contributed by atoms with E-state index < -0.39 is 12.0 Å². The van der Waals surface area contributed by atoms with E-state index in [0.717, 1.165) is 24.8 Å². The third-order valence-corrected chi connectivity index (χ3v) is 3.03. The van der Waals surface area contributed by atoms with E-state index in [4.69, 9.17) is 5.11 Å². The number of rotatable bonds is 10. The zero-order valence-corrected chi connectivity index (χ0v) is 13.4. The topological polar surface area (TPSA) is 49.7 Å². The molecule has 0 aromatic rings. The van der Waals surface area contributed by atoms with Gasteiger partial charge < -0.3 is 5.11 Å². The summed E-state index contributed by atoms with van der Waals surface area (Å²) in [5.41, 5.74) is 2.37. The van der Waals surface area contributed by atoms with E-state index in [-0.39, 0.29) is 5.92 Å². The number of carbonyl (C=O) groups is 1. The molecule has 0 saturated heterocycles. The van der Waals surface area contributed by atoms with Gasteiger partial charge in [0.05, 0.1) is 0 Å². The highest BCUT2D eigenvalue weighted by atomic mass is 16.4. The Balaban J connectivity index is 4.13. The first-order valence-corrected chi connectivity index (χ1v) is 7.25. The van der Waals surface area contributed by atoms with Crippen LogP contribution in [0.3, 0.4) is 0 Å². The Morgan fingerprint density at radius 3 is 2.62 bits per heavy atom. The van der Waals surface area contributed by atoms with Crippen molar-refractivity contribution < 1.29 is 9.90 Å². The second kappa shape index (κ2) is 10.8. The van der Waals surface area contributed by atoms with Gasteiger partial charge in [-0.3, -0.25) is 4.99 Å². The summed E-state index contributed by atoms with van der Waals surface area (Å²) in [5.74, 6) is -0.762. The minimum absolute atomic E-state index is 0.139. The molecule has 0 heterocycles. The molecule has 0 amide bonds. The fourth-order valence-electron chi connectivity index (χ4n) is 1.54. The molecule has 0 aliphatic heterocycles. The smallest absolute Gasteiger partial charge is 0.328 e. The van der Waals surface area contributed by atoms with Gasteiger partial charge in [-0.2, -0.15) is 0 Å². The molecule has 116 valence electrons. The van der Waals surface area contributed by atoms with Crippen LogP contribution in [-0.2, 0) is 4.79 Å². The van der Waals surface area contributed by atoms with Gasteiger partial charge in [0.25, 0.3) is 0 Å². The van der Waals surface area contributed by atoms with E-state index in [1.165, 1.54) is 5.57 Å². The summed E-state index contributed by atoms with van der Waals surface area (Å²) in [6.45, 7) is 13.2. The van der Waals surface area contributed by atoms with Gasteiger partial charge in [-0.05, 0) is 33.1 Å². The number of nitrogens with zero attached hydrogens (tertiary/aromatic N) is 1. The van der Waals surface area contributed by atoms with Crippen molar-refractivity contribution in [1.82, 2.24) is 0 Å². The van der Waals surface area contributed by atoms with Crippen molar-refractivity contribution in [1.29, 1.82) is 0 Å². The molecule has 1 N–H and O–H groups in total. The summed E-state index contributed by atoms with van der Waals surface area (Å²) < 4.78 is 0. The fraction of sp³-hybridized carbons (Fsp3) is 0.444. The Bertz CT molecular complexity index is 444. The summed E-state index contributed by atoms with van der Waals surface area (Å²) in [6, 6.07) is -0.680. The van der Waals surface area contributed by atoms with Crippen molar-refractivity contribution in [2.45, 2.75) is 46.1 Å². The fourth-order valence-corrected chi connectivity index (χ4v) is 1.54. The maximum atomic E-state index is 10.6. The number of hydrogen-bond donors (Lipinski definition) is 1. The van der Waals surface area contributed by atoms with Crippen molar-refractivity contribution >= 4 is 12.2 Å². The predicted octanol–water partition coefficient (Wildman–Crippen LogP) is 4.58. The van der Waals surface area contributed by atoms with Gasteiger partial charge in [-0.1, -0.05) is 55.5 Å². The van der Waals surface area contributed by atoms with E-state index in [1.54, 1.807) is 19.2 Å². The van der Waals surface area contributed by atoms with Crippen molar-refractivity contribution in [2.75, 3.05) is 0 Å². The Morgan fingerprint density at radius 2 is 2.05 bits per heavy atom. The van der Waals surface area contributed by atoms with E-state index in [0.29, 0.717) is 0 Å². The Labute approximate surface area is 128 Å². The molecule has 3 nitrogen and oxygen atoms in total. The van der Waals surface area contributed by atoms with Crippen molar-refractivity contribution in [3.05, 3.63) is 48.6 Å². The number of aliphatic carboxylic acids is 1. The molecule has 1 unspecified atom stereocenters. The molecule has 0 rings (SSSR count). The van der Waals surface area contributed by atoms with Crippen LogP contribution in [0.15, 0.2) is 53.6 Å². The van der Waals surface area contributed by atoms with Gasteiger partial charge in [0, 0.05) is 12.1 Å². The molecule has 0 spiro atoms. The minimum Gasteiger partial charge on any atom is -0.480 e. The standard InChI is InChI=1S/C18H27NO2/c1-6-14(2)9-7-10-15(3)11-8-12-16(4)13-19-17(5)18(20)21/h6,8,10,12-13,16-17H,1-2,7,9,11H2,3-5H3,(H,20,21)/t16?,17-/m0/s1. The molecule has 0 aliphatic rings. The molecule has 0 aromatic carbocycles. The van der Waals surface area contributed by atoms with Gasteiger partial charge in [-0.25, -0.2) is 4.79 Å². The SMILES string of the molecule is C=CC(=C)CCC=C(C)CC=CC(C)C=N[C@@H](C)C(=O)O. The highest BCUT2D eigenvalue weighted by molar-refractivity contribution is 5.76. The second-order valence-electron chi connectivity index (χ2n) is 5.26. The summed E-state index contributed by atoms with van der Waals surface area (Å²) in [6.07, 6.45) is 12.6. The molecule has 0 saturated carbocycles. The maximum Gasteiger partial charge on any atom is 0.328 e. The first kappa shape index (κ1) is 19.1. The van der Waals surface area contributed by atoms with Crippen LogP contribution in [0.2, 0.25) is 0 Å². The summed E-state index contributed by atoms with van der Waals surface area (Å²) in [4.78, 5) is 14.6. The van der Waals surface area contributed by atoms with Gasteiger partial charge in [0.2, 0.25) is 0 Å². The van der Waals surface area contributed by atoms with Gasteiger partial charge in [0.1, 0.15) is 6.04 Å². The monoisotopic (exact) mass is 289 g/mol. The normalized spacial score (nSPS) is 15.3. The summed E-state index contributed by atoms with van der Waals surface area (Å²) in [5, 5.41) is 8.73. The molecule has 0 fully saturated rings. The molecule has 0 aromatic heterocycles. The van der Waals surface area contributed by atoms with Crippen LogP contribution in [0.4, 0.5) is 0 Å². The third kappa shape index (κ3) is 10.5. The molecule has 21 heavy (non-hydrogen) atoms. The molecular formula is C18H27NO2. The highest BCUT2D eigenvalue weighted by Gasteiger charge is 2.06. The van der Waals surface area contributed by atoms with Gasteiger partial charge in [-0.15, -0.1) is 0 Å². The van der Waals surface area contributed by atoms with Crippen molar-refractivity contribution in [3.8, 4) is 0 Å². The molecule has 2 atom stereocenters. The number of carboxylic acid groups (broad SMARTS) is 1. The van der Waals surface area contributed by atoms with E-state index >= 15 is 0 Å². The molecular weight excluding hydrogens is 262 g/mol. The third-order valence-electron chi connectivity index (χ3n) is 3.03. The average molecular weight is 289 g/mol. The molecule has 0 radical (unpaired) electrons. The Morgan fingerprint density at radius 1 is 1.38 bits per heavy atom. The van der Waals surface area contributed by atoms with Gasteiger partial charge in [0.15, 0.2) is 0 Å². The van der Waals surface area contributed by atoms with Gasteiger partial charge >= 0.3 is 5.97 Å². The largest absolute Gasteiger partial charge is 0.480 e. The molecule has 0 aliphatic carbocycles. The number of aliphatic imine (C=N–C) groups is 1. The zero-order valence-electron chi connectivity index (χ0n) is 13.4. The average Bonchev–Trinajstić information content (AvgIpc) is 2.44. The van der Waals surface area contributed by atoms with Crippen LogP contribution >= 0.6 is 0 Å². The second-order valence-corrected chi connectivity index (χ2v) is 5.26. The maximum absolute atomic E-state index is 10.6. The van der Waals surface area contributed by atoms with Crippen LogP contribution < -0.4 is 0 Å². The summed E-state index contributed by atoms with van der Waals surface area (Å²) in [7, 11) is 0. The van der Waals surface area contributed by atoms with Crippen LogP contribution in [0.5, 0.6) is 0 Å². The van der Waals surface area contributed by atoms with Crippen LogP contribution in [-0.4, -0.2) is 23.3 Å². The molecule has 3 heteroatoms. The summed E-state index contributed by atoms with van der Waals surface area (Å²) >= 11 is 0. The zero-order chi connectivity index (χ0) is 16.3. The Kier molecular flexibility index (Phi) is 9.86.